The predicted octanol–water partition coefficient (Wildman–Crippen LogP) is -0.568. The molecule has 0 atom stereocenters. The summed E-state index contributed by atoms with van der Waals surface area (Å²) in [7, 11) is 0. The van der Waals surface area contributed by atoms with Crippen molar-refractivity contribution in [2.75, 3.05) is 0 Å². The molecule has 0 aromatic carbocycles. The summed E-state index contributed by atoms with van der Waals surface area (Å²) in [6.45, 7) is 3.60. The van der Waals surface area contributed by atoms with E-state index in [1.807, 2.05) is 0 Å². The van der Waals surface area contributed by atoms with Crippen LogP contribution in [0.3, 0.4) is 0 Å². The zero-order chi connectivity index (χ0) is 9.02. The second kappa shape index (κ2) is 3.70. The molecular weight excluding hydrogens is 148 g/mol. The van der Waals surface area contributed by atoms with Gasteiger partial charge in [-0.25, -0.2) is 0 Å². The maximum atomic E-state index is 10.6. The fourth-order valence-corrected chi connectivity index (χ4v) is 0.537. The molecule has 0 bridgehead atoms. The Bertz CT molecular complexity index is 186. The van der Waals surface area contributed by atoms with Gasteiger partial charge in [0.05, 0.1) is 0 Å². The lowest BCUT2D eigenvalue weighted by atomic mass is 10.6. The minimum absolute atomic E-state index is 0.449. The number of rotatable bonds is 0. The Hall–Kier alpha value is -1.39. The van der Waals surface area contributed by atoms with Crippen molar-refractivity contribution in [3.63, 3.8) is 0 Å². The van der Waals surface area contributed by atoms with Crippen LogP contribution in [-0.2, 0) is 14.4 Å². The Balaban J connectivity index is 4.23. The smallest absolute Gasteiger partial charge is 0.245 e. The monoisotopic (exact) mass is 158 g/mol. The molecule has 0 radical (unpaired) electrons. The van der Waals surface area contributed by atoms with Crippen LogP contribution in [-0.4, -0.2) is 22.7 Å². The Kier molecular flexibility index (Phi) is 3.23. The summed E-state index contributed by atoms with van der Waals surface area (Å²) in [5, 5.41) is 0.655. The number of hydrazine groups is 1. The van der Waals surface area contributed by atoms with Crippen LogP contribution in [0.2, 0.25) is 0 Å². The largest absolute Gasteiger partial charge is 0.274 e. The highest BCUT2D eigenvalue weighted by Gasteiger charge is 2.13. The van der Waals surface area contributed by atoms with Gasteiger partial charge in [0.15, 0.2) is 0 Å². The summed E-state index contributed by atoms with van der Waals surface area (Å²) in [6, 6.07) is 0. The van der Waals surface area contributed by atoms with Gasteiger partial charge in [-0.1, -0.05) is 0 Å². The van der Waals surface area contributed by atoms with Gasteiger partial charge in [-0.3, -0.25) is 19.8 Å². The molecule has 0 spiro atoms. The van der Waals surface area contributed by atoms with E-state index in [0.29, 0.717) is 5.01 Å². The van der Waals surface area contributed by atoms with Crippen LogP contribution in [0.5, 0.6) is 0 Å². The van der Waals surface area contributed by atoms with E-state index in [1.165, 1.54) is 20.8 Å². The van der Waals surface area contributed by atoms with E-state index < -0.39 is 17.7 Å². The Morgan fingerprint density at radius 2 is 1.36 bits per heavy atom. The highest BCUT2D eigenvalue weighted by atomic mass is 16.2. The predicted molar refractivity (Wildman–Crippen MR) is 37.0 cm³/mol. The molecule has 0 saturated carbocycles. The number of amides is 3. The van der Waals surface area contributed by atoms with Gasteiger partial charge in [0.2, 0.25) is 17.7 Å². The van der Waals surface area contributed by atoms with Crippen LogP contribution in [0.4, 0.5) is 0 Å². The summed E-state index contributed by atoms with van der Waals surface area (Å²) in [4.78, 5) is 31.6. The number of imide groups is 1. The summed E-state index contributed by atoms with van der Waals surface area (Å²) in [6.07, 6.45) is 0. The summed E-state index contributed by atoms with van der Waals surface area (Å²) in [5.74, 6) is -1.46. The van der Waals surface area contributed by atoms with Crippen molar-refractivity contribution < 1.29 is 14.4 Å². The number of hydrogen-bond acceptors (Lipinski definition) is 3. The molecule has 5 nitrogen and oxygen atoms in total. The van der Waals surface area contributed by atoms with Gasteiger partial charge in [0.1, 0.15) is 0 Å². The number of nitrogens with zero attached hydrogens (tertiary/aromatic N) is 1. The van der Waals surface area contributed by atoms with E-state index in [-0.39, 0.29) is 0 Å². The zero-order valence-electron chi connectivity index (χ0n) is 6.67. The van der Waals surface area contributed by atoms with Crippen molar-refractivity contribution in [1.82, 2.24) is 10.4 Å². The van der Waals surface area contributed by atoms with Crippen LogP contribution in [0, 0.1) is 0 Å². The molecule has 0 aromatic rings. The highest BCUT2D eigenvalue weighted by Crippen LogP contribution is 1.84. The average Bonchev–Trinajstić information content (AvgIpc) is 1.81. The van der Waals surface area contributed by atoms with Gasteiger partial charge in [-0.15, -0.1) is 0 Å². The first-order valence-electron chi connectivity index (χ1n) is 3.03. The first-order valence-corrected chi connectivity index (χ1v) is 3.03. The van der Waals surface area contributed by atoms with Gasteiger partial charge < -0.3 is 0 Å². The summed E-state index contributed by atoms with van der Waals surface area (Å²) >= 11 is 0. The second-order valence-electron chi connectivity index (χ2n) is 2.04. The van der Waals surface area contributed by atoms with E-state index in [9.17, 15) is 14.4 Å². The first-order chi connectivity index (χ1) is 4.95. The van der Waals surface area contributed by atoms with Crippen molar-refractivity contribution >= 4 is 17.7 Å². The molecule has 5 heteroatoms. The van der Waals surface area contributed by atoms with E-state index in [0.717, 1.165) is 0 Å². The van der Waals surface area contributed by atoms with Crippen molar-refractivity contribution in [2.45, 2.75) is 20.8 Å². The molecule has 1 N–H and O–H groups in total. The number of carbonyl (C=O) groups is 3. The van der Waals surface area contributed by atoms with Gasteiger partial charge in [0, 0.05) is 20.8 Å². The van der Waals surface area contributed by atoms with E-state index in [4.69, 9.17) is 0 Å². The first kappa shape index (κ1) is 9.61. The lowest BCUT2D eigenvalue weighted by Gasteiger charge is -2.15. The molecule has 0 aliphatic carbocycles. The van der Waals surface area contributed by atoms with Gasteiger partial charge in [-0.05, 0) is 0 Å². The summed E-state index contributed by atoms with van der Waals surface area (Å²) < 4.78 is 0. The van der Waals surface area contributed by atoms with Crippen LogP contribution < -0.4 is 5.43 Å². The third-order valence-corrected chi connectivity index (χ3v) is 0.899. The minimum Gasteiger partial charge on any atom is -0.274 e. The van der Waals surface area contributed by atoms with Crippen molar-refractivity contribution in [3.05, 3.63) is 0 Å². The van der Waals surface area contributed by atoms with Crippen LogP contribution >= 0.6 is 0 Å². The maximum absolute atomic E-state index is 10.6. The highest BCUT2D eigenvalue weighted by molar-refractivity contribution is 5.94. The molecule has 62 valence electrons. The molecule has 0 unspecified atom stereocenters. The normalized spacial score (nSPS) is 8.64. The fourth-order valence-electron chi connectivity index (χ4n) is 0.537. The molecule has 0 aromatic heterocycles. The molecular formula is C6H10N2O3. The van der Waals surface area contributed by atoms with Crippen LogP contribution in [0.25, 0.3) is 0 Å². The van der Waals surface area contributed by atoms with Crippen LogP contribution in [0.15, 0.2) is 0 Å². The molecule has 0 aliphatic heterocycles. The van der Waals surface area contributed by atoms with Gasteiger partial charge in [-0.2, -0.15) is 5.01 Å². The zero-order valence-corrected chi connectivity index (χ0v) is 6.67. The van der Waals surface area contributed by atoms with Gasteiger partial charge in [0.25, 0.3) is 0 Å². The molecule has 0 aliphatic rings. The lowest BCUT2D eigenvalue weighted by molar-refractivity contribution is -0.150. The fraction of sp³-hybridized carbons (Fsp3) is 0.500. The molecule has 0 fully saturated rings. The molecule has 0 rings (SSSR count). The van der Waals surface area contributed by atoms with E-state index >= 15 is 0 Å². The number of nitrogens with one attached hydrogen (secondary N) is 1. The number of hydrogen-bond donors (Lipinski definition) is 1. The second-order valence-corrected chi connectivity index (χ2v) is 2.04. The van der Waals surface area contributed by atoms with Crippen molar-refractivity contribution in [2.24, 2.45) is 0 Å². The van der Waals surface area contributed by atoms with Crippen LogP contribution in [0.1, 0.15) is 20.8 Å². The standard InChI is InChI=1S/C6H10N2O3/c1-4(9)7-8(5(2)10)6(3)11/h1-3H3,(H,7,9). The molecule has 11 heavy (non-hydrogen) atoms. The minimum atomic E-state index is -0.507. The van der Waals surface area contributed by atoms with E-state index in [1.54, 1.807) is 0 Å². The maximum Gasteiger partial charge on any atom is 0.245 e. The van der Waals surface area contributed by atoms with Crippen molar-refractivity contribution in [1.29, 1.82) is 0 Å². The quantitative estimate of drug-likeness (QED) is 0.480. The summed E-state index contributed by atoms with van der Waals surface area (Å²) in [5.41, 5.74) is 2.07. The number of carbonyl (C=O) groups excluding carboxylic acids is 3. The Labute approximate surface area is 64.3 Å². The topological polar surface area (TPSA) is 66.5 Å². The molecule has 0 saturated heterocycles. The average molecular weight is 158 g/mol. The van der Waals surface area contributed by atoms with E-state index in [2.05, 4.69) is 5.43 Å². The van der Waals surface area contributed by atoms with Crippen molar-refractivity contribution in [3.8, 4) is 0 Å². The third kappa shape index (κ3) is 3.34. The molecule has 0 heterocycles. The van der Waals surface area contributed by atoms with Gasteiger partial charge >= 0.3 is 0 Å². The Morgan fingerprint density at radius 3 is 1.45 bits per heavy atom. The Morgan fingerprint density at radius 1 is 1.00 bits per heavy atom. The lowest BCUT2D eigenvalue weighted by Crippen LogP contribution is -2.46. The molecule has 3 amide bonds. The SMILES string of the molecule is CC(=O)NN(C(C)=O)C(C)=O. The third-order valence-electron chi connectivity index (χ3n) is 0.899.